The van der Waals surface area contributed by atoms with Crippen LogP contribution in [0.4, 0.5) is 4.39 Å². The lowest BCUT2D eigenvalue weighted by Crippen LogP contribution is -2.33. The van der Waals surface area contributed by atoms with Crippen molar-refractivity contribution in [1.82, 2.24) is 25.2 Å². The van der Waals surface area contributed by atoms with E-state index < -0.39 is 17.6 Å². The van der Waals surface area contributed by atoms with E-state index in [1.807, 2.05) is 20.8 Å². The molecule has 2 amide bonds. The van der Waals surface area contributed by atoms with Gasteiger partial charge in [0, 0.05) is 31.0 Å². The minimum atomic E-state index is -0.804. The third-order valence-corrected chi connectivity index (χ3v) is 5.42. The van der Waals surface area contributed by atoms with Crippen LogP contribution >= 0.6 is 0 Å². The summed E-state index contributed by atoms with van der Waals surface area (Å²) in [6.07, 6.45) is 1.42. The van der Waals surface area contributed by atoms with Crippen molar-refractivity contribution >= 4 is 29.0 Å². The SMILES string of the molecule is CC(C)(C)CC(=O)CNC(=O)c1cc(C(=O)NCc2ccc3c(c2)CC(=O)CO3)nc2c(F)cnn12. The highest BCUT2D eigenvalue weighted by Crippen LogP contribution is 2.24. The minimum Gasteiger partial charge on any atom is -0.486 e. The van der Waals surface area contributed by atoms with E-state index in [0.717, 1.165) is 21.8 Å². The van der Waals surface area contributed by atoms with Gasteiger partial charge in [0.1, 0.15) is 23.7 Å². The summed E-state index contributed by atoms with van der Waals surface area (Å²) in [6.45, 7) is 5.67. The second-order valence-electron chi connectivity index (χ2n) is 9.84. The molecule has 0 radical (unpaired) electrons. The summed E-state index contributed by atoms with van der Waals surface area (Å²) in [5.74, 6) is -1.70. The van der Waals surface area contributed by atoms with Crippen LogP contribution in [0.1, 0.15) is 59.3 Å². The van der Waals surface area contributed by atoms with Crippen molar-refractivity contribution in [1.29, 1.82) is 0 Å². The quantitative estimate of drug-likeness (QED) is 0.513. The normalized spacial score (nSPS) is 13.2. The van der Waals surface area contributed by atoms with Crippen LogP contribution in [-0.4, -0.2) is 51.1 Å². The standard InChI is InChI=1S/C25H26FN5O5/c1-25(2,3)9-17(33)11-28-24(35)20-8-19(30-22-18(26)12-29-31(20)22)23(34)27-10-14-4-5-21-15(6-14)7-16(32)13-36-21/h4-6,8,12H,7,9-11,13H2,1-3H3,(H,27,34)(H,28,35). The number of nitrogens with zero attached hydrogens (tertiary/aromatic N) is 3. The van der Waals surface area contributed by atoms with Gasteiger partial charge in [0.2, 0.25) is 0 Å². The molecule has 0 spiro atoms. The lowest BCUT2D eigenvalue weighted by atomic mass is 9.90. The molecule has 36 heavy (non-hydrogen) atoms. The number of carbonyl (C=O) groups is 4. The first-order valence-corrected chi connectivity index (χ1v) is 11.4. The van der Waals surface area contributed by atoms with E-state index in [1.54, 1.807) is 18.2 Å². The third kappa shape index (κ3) is 5.73. The van der Waals surface area contributed by atoms with Crippen LogP contribution in [0.15, 0.2) is 30.5 Å². The van der Waals surface area contributed by atoms with Crippen molar-refractivity contribution in [2.24, 2.45) is 5.41 Å². The van der Waals surface area contributed by atoms with Crippen molar-refractivity contribution in [2.75, 3.05) is 13.2 Å². The maximum absolute atomic E-state index is 14.3. The van der Waals surface area contributed by atoms with Crippen LogP contribution < -0.4 is 15.4 Å². The first-order valence-electron chi connectivity index (χ1n) is 11.4. The Kier molecular flexibility index (Phi) is 6.82. The highest BCUT2D eigenvalue weighted by atomic mass is 19.1. The molecular weight excluding hydrogens is 469 g/mol. The van der Waals surface area contributed by atoms with Gasteiger partial charge in [0.15, 0.2) is 23.0 Å². The first kappa shape index (κ1) is 25.0. The van der Waals surface area contributed by atoms with E-state index in [1.165, 1.54) is 6.07 Å². The molecular formula is C25H26FN5O5. The summed E-state index contributed by atoms with van der Waals surface area (Å²) in [5, 5.41) is 9.02. The van der Waals surface area contributed by atoms with Crippen molar-refractivity contribution in [2.45, 2.75) is 40.2 Å². The highest BCUT2D eigenvalue weighted by Gasteiger charge is 2.22. The molecule has 10 nitrogen and oxygen atoms in total. The van der Waals surface area contributed by atoms with E-state index in [0.29, 0.717) is 5.75 Å². The molecule has 2 N–H and O–H groups in total. The van der Waals surface area contributed by atoms with E-state index in [2.05, 4.69) is 20.7 Å². The van der Waals surface area contributed by atoms with Gasteiger partial charge in [-0.1, -0.05) is 26.8 Å². The highest BCUT2D eigenvalue weighted by molar-refractivity contribution is 5.99. The zero-order valence-corrected chi connectivity index (χ0v) is 20.2. The van der Waals surface area contributed by atoms with Gasteiger partial charge >= 0.3 is 0 Å². The van der Waals surface area contributed by atoms with Crippen LogP contribution in [0.2, 0.25) is 0 Å². The number of fused-ring (bicyclic) bond motifs is 2. The van der Waals surface area contributed by atoms with Crippen molar-refractivity contribution in [3.8, 4) is 5.75 Å². The van der Waals surface area contributed by atoms with Crippen LogP contribution in [0, 0.1) is 11.2 Å². The van der Waals surface area contributed by atoms with Gasteiger partial charge in [0.25, 0.3) is 11.8 Å². The summed E-state index contributed by atoms with van der Waals surface area (Å²) in [4.78, 5) is 53.5. The second kappa shape index (κ2) is 9.84. The molecule has 4 rings (SSSR count). The molecule has 2 aromatic heterocycles. The fourth-order valence-corrected chi connectivity index (χ4v) is 3.85. The number of aromatic nitrogens is 3. The predicted octanol–water partition coefficient (Wildman–Crippen LogP) is 2.04. The molecule has 0 fully saturated rings. The number of halogens is 1. The monoisotopic (exact) mass is 495 g/mol. The van der Waals surface area contributed by atoms with Gasteiger partial charge in [-0.25, -0.2) is 13.9 Å². The number of amides is 2. The Hall–Kier alpha value is -4.15. The first-order chi connectivity index (χ1) is 17.0. The Labute approximate surface area is 206 Å². The molecule has 3 aromatic rings. The van der Waals surface area contributed by atoms with E-state index in [4.69, 9.17) is 4.74 Å². The number of rotatable bonds is 7. The summed E-state index contributed by atoms with van der Waals surface area (Å²) < 4.78 is 20.6. The Bertz CT molecular complexity index is 1380. The number of benzene rings is 1. The Balaban J connectivity index is 1.50. The molecule has 3 heterocycles. The molecule has 0 unspecified atom stereocenters. The number of hydrogen-bond donors (Lipinski definition) is 2. The fourth-order valence-electron chi connectivity index (χ4n) is 3.85. The van der Waals surface area contributed by atoms with Crippen LogP contribution in [-0.2, 0) is 22.6 Å². The van der Waals surface area contributed by atoms with Crippen molar-refractivity contribution in [3.05, 3.63) is 58.8 Å². The van der Waals surface area contributed by atoms with Gasteiger partial charge in [0.05, 0.1) is 12.7 Å². The average molecular weight is 496 g/mol. The summed E-state index contributed by atoms with van der Waals surface area (Å²) in [5.41, 5.74) is 0.610. The lowest BCUT2D eigenvalue weighted by molar-refractivity contribution is -0.121. The van der Waals surface area contributed by atoms with E-state index >= 15 is 0 Å². The predicted molar refractivity (Wildman–Crippen MR) is 126 cm³/mol. The maximum atomic E-state index is 14.3. The summed E-state index contributed by atoms with van der Waals surface area (Å²) in [7, 11) is 0. The third-order valence-electron chi connectivity index (χ3n) is 5.42. The van der Waals surface area contributed by atoms with Gasteiger partial charge in [-0.15, -0.1) is 0 Å². The lowest BCUT2D eigenvalue weighted by Gasteiger charge is -2.17. The van der Waals surface area contributed by atoms with Crippen LogP contribution in [0.5, 0.6) is 5.75 Å². The van der Waals surface area contributed by atoms with Crippen molar-refractivity contribution < 1.29 is 28.3 Å². The number of ketones is 2. The van der Waals surface area contributed by atoms with E-state index in [9.17, 15) is 23.6 Å². The molecule has 1 aliphatic heterocycles. The molecule has 0 bridgehead atoms. The number of ether oxygens (including phenoxy) is 1. The van der Waals surface area contributed by atoms with Crippen LogP contribution in [0.3, 0.4) is 0 Å². The largest absolute Gasteiger partial charge is 0.486 e. The number of hydrogen-bond acceptors (Lipinski definition) is 7. The topological polar surface area (TPSA) is 132 Å². The van der Waals surface area contributed by atoms with E-state index in [-0.39, 0.29) is 66.6 Å². The second-order valence-corrected chi connectivity index (χ2v) is 9.84. The molecule has 0 saturated carbocycles. The number of Topliss-reactive ketones (excluding diaryl/α,β-unsaturated/α-hetero) is 2. The summed E-state index contributed by atoms with van der Waals surface area (Å²) in [6, 6.07) is 6.46. The Morgan fingerprint density at radius 2 is 1.92 bits per heavy atom. The molecule has 11 heteroatoms. The molecule has 0 aliphatic carbocycles. The Morgan fingerprint density at radius 3 is 2.67 bits per heavy atom. The zero-order chi connectivity index (χ0) is 26.0. The molecule has 0 atom stereocenters. The average Bonchev–Trinajstić information content (AvgIpc) is 3.19. The molecule has 188 valence electrons. The molecule has 1 aromatic carbocycles. The Morgan fingerprint density at radius 1 is 1.14 bits per heavy atom. The van der Waals surface area contributed by atoms with Gasteiger partial charge in [-0.05, 0) is 23.1 Å². The fraction of sp³-hybridized carbons (Fsp3) is 0.360. The van der Waals surface area contributed by atoms with Gasteiger partial charge in [-0.3, -0.25) is 19.2 Å². The molecule has 0 saturated heterocycles. The van der Waals surface area contributed by atoms with Crippen molar-refractivity contribution in [3.63, 3.8) is 0 Å². The minimum absolute atomic E-state index is 0.0325. The molecule has 1 aliphatic rings. The van der Waals surface area contributed by atoms with Gasteiger partial charge < -0.3 is 15.4 Å². The summed E-state index contributed by atoms with van der Waals surface area (Å²) >= 11 is 0. The number of nitrogens with one attached hydrogen (secondary N) is 2. The number of carbonyl (C=O) groups excluding carboxylic acids is 4. The van der Waals surface area contributed by atoms with Crippen LogP contribution in [0.25, 0.3) is 5.65 Å². The maximum Gasteiger partial charge on any atom is 0.270 e. The zero-order valence-electron chi connectivity index (χ0n) is 20.2. The smallest absolute Gasteiger partial charge is 0.270 e. The van der Waals surface area contributed by atoms with Gasteiger partial charge in [-0.2, -0.15) is 5.10 Å².